The molecule has 2 aromatic rings. The number of carbonyl (C=O) groups excluding carboxylic acids is 3. The van der Waals surface area contributed by atoms with Gasteiger partial charge >= 0.3 is 0 Å². The van der Waals surface area contributed by atoms with E-state index >= 15 is 0 Å². The van der Waals surface area contributed by atoms with Gasteiger partial charge in [-0.25, -0.2) is 0 Å². The Bertz CT molecular complexity index is 1280. The van der Waals surface area contributed by atoms with Crippen molar-refractivity contribution in [3.8, 4) is 22.6 Å². The first kappa shape index (κ1) is 31.3. The van der Waals surface area contributed by atoms with E-state index in [1.165, 1.54) is 18.6 Å². The number of aliphatic hydroxyl groups excluding tert-OH is 1. The third-order valence-electron chi connectivity index (χ3n) is 8.47. The maximum atomic E-state index is 13.7. The Labute approximate surface area is 246 Å². The van der Waals surface area contributed by atoms with Crippen LogP contribution in [0, 0.1) is 5.92 Å². The van der Waals surface area contributed by atoms with Gasteiger partial charge in [0.05, 0.1) is 12.1 Å². The third kappa shape index (κ3) is 7.78. The summed E-state index contributed by atoms with van der Waals surface area (Å²) in [5, 5.41) is 39.9. The van der Waals surface area contributed by atoms with Crippen LogP contribution in [-0.2, 0) is 27.2 Å². The molecule has 1 unspecified atom stereocenters. The zero-order valence-corrected chi connectivity index (χ0v) is 24.0. The normalized spacial score (nSPS) is 23.5. The van der Waals surface area contributed by atoms with Crippen molar-refractivity contribution in [2.24, 2.45) is 17.4 Å². The highest BCUT2D eigenvalue weighted by Crippen LogP contribution is 2.31. The second-order valence-corrected chi connectivity index (χ2v) is 11.6. The molecule has 1 heterocycles. The van der Waals surface area contributed by atoms with Crippen molar-refractivity contribution in [2.45, 2.75) is 88.6 Å². The molecule has 0 radical (unpaired) electrons. The molecule has 1 aliphatic heterocycles. The second kappa shape index (κ2) is 14.0. The van der Waals surface area contributed by atoms with Gasteiger partial charge in [0.2, 0.25) is 17.7 Å². The van der Waals surface area contributed by atoms with Crippen LogP contribution in [0.4, 0.5) is 0 Å². The lowest BCUT2D eigenvalue weighted by Crippen LogP contribution is -2.58. The van der Waals surface area contributed by atoms with Crippen molar-refractivity contribution in [3.63, 3.8) is 0 Å². The number of phenolic OH excluding ortho intramolecular Hbond substituents is 2. The molecule has 1 fully saturated rings. The average molecular weight is 582 g/mol. The first-order valence-electron chi connectivity index (χ1n) is 14.7. The van der Waals surface area contributed by atoms with Crippen molar-refractivity contribution in [1.29, 1.82) is 0 Å². The van der Waals surface area contributed by atoms with Crippen LogP contribution in [0.25, 0.3) is 11.1 Å². The van der Waals surface area contributed by atoms with Crippen molar-refractivity contribution < 1.29 is 29.7 Å². The van der Waals surface area contributed by atoms with Crippen molar-refractivity contribution in [1.82, 2.24) is 16.0 Å². The lowest BCUT2D eigenvalue weighted by atomic mass is 9.84. The van der Waals surface area contributed by atoms with E-state index in [-0.39, 0.29) is 43.3 Å². The molecule has 5 atom stereocenters. The molecule has 4 rings (SSSR count). The molecule has 1 aliphatic carbocycles. The molecule has 0 spiro atoms. The molecule has 0 saturated heterocycles. The van der Waals surface area contributed by atoms with E-state index < -0.39 is 42.0 Å². The minimum absolute atomic E-state index is 0.0195. The number of nitrogens with one attached hydrogen (secondary N) is 3. The van der Waals surface area contributed by atoms with Gasteiger partial charge in [0, 0.05) is 31.8 Å². The van der Waals surface area contributed by atoms with Crippen LogP contribution in [0.2, 0.25) is 0 Å². The zero-order valence-electron chi connectivity index (χ0n) is 24.0. The smallest absolute Gasteiger partial charge is 0.243 e. The van der Waals surface area contributed by atoms with Crippen molar-refractivity contribution in [2.75, 3.05) is 6.54 Å². The molecule has 3 amide bonds. The second-order valence-electron chi connectivity index (χ2n) is 11.6. The number of rotatable bonds is 6. The number of phenols is 2. The predicted octanol–water partition coefficient (Wildman–Crippen LogP) is 0.955. The standard InChI is InChI=1S/C31H43N5O6/c1-17(18-5-3-2-4-6-18)34-30(41)25-14-22-12-20(8-10-28(22)39)19-7-9-27(38)21(11-19)13-24(33)29(40)35-26(31(42)36-25)15-23(37)16-32/h7-12,17-18,23-26,37-39H,2-6,13-16,32-33H2,1H3,(H,34,41)(H,35,40)(H,36,42)/t17?,23-,24-,25-,26-/m1/s1. The monoisotopic (exact) mass is 581 g/mol. The number of benzene rings is 2. The molecule has 2 aliphatic rings. The van der Waals surface area contributed by atoms with E-state index in [1.807, 2.05) is 6.92 Å². The maximum Gasteiger partial charge on any atom is 0.243 e. The Morgan fingerprint density at radius 1 is 0.952 bits per heavy atom. The number of hydrogen-bond acceptors (Lipinski definition) is 8. The first-order chi connectivity index (χ1) is 20.0. The molecule has 10 N–H and O–H groups in total. The summed E-state index contributed by atoms with van der Waals surface area (Å²) in [6.45, 7) is 1.82. The van der Waals surface area contributed by atoms with Gasteiger partial charge in [-0.1, -0.05) is 31.4 Å². The molecule has 0 aromatic heterocycles. The molecule has 11 nitrogen and oxygen atoms in total. The number of nitrogens with two attached hydrogens (primary N) is 2. The largest absolute Gasteiger partial charge is 0.508 e. The van der Waals surface area contributed by atoms with E-state index in [0.717, 1.165) is 25.7 Å². The number of carbonyl (C=O) groups is 3. The van der Waals surface area contributed by atoms with E-state index in [0.29, 0.717) is 28.2 Å². The zero-order chi connectivity index (χ0) is 30.4. The summed E-state index contributed by atoms with van der Waals surface area (Å²) in [6.07, 6.45) is 4.08. The lowest BCUT2D eigenvalue weighted by Gasteiger charge is -2.30. The van der Waals surface area contributed by atoms with Gasteiger partial charge in [-0.15, -0.1) is 0 Å². The van der Waals surface area contributed by atoms with Gasteiger partial charge in [-0.05, 0) is 72.2 Å². The van der Waals surface area contributed by atoms with Gasteiger partial charge in [0.15, 0.2) is 0 Å². The fourth-order valence-electron chi connectivity index (χ4n) is 5.84. The van der Waals surface area contributed by atoms with Crippen LogP contribution in [0.15, 0.2) is 36.4 Å². The molecule has 42 heavy (non-hydrogen) atoms. The number of hydrogen-bond donors (Lipinski definition) is 8. The van der Waals surface area contributed by atoms with Crippen LogP contribution in [0.1, 0.15) is 56.6 Å². The molecule has 1 saturated carbocycles. The Kier molecular flexibility index (Phi) is 10.4. The Hall–Kier alpha value is -3.67. The van der Waals surface area contributed by atoms with Gasteiger partial charge in [0.25, 0.3) is 0 Å². The van der Waals surface area contributed by atoms with Crippen molar-refractivity contribution in [3.05, 3.63) is 47.5 Å². The van der Waals surface area contributed by atoms with Crippen LogP contribution in [-0.4, -0.2) is 69.9 Å². The van der Waals surface area contributed by atoms with Gasteiger partial charge < -0.3 is 42.7 Å². The SMILES string of the molecule is CC(NC(=O)[C@H]1Cc2cc(ccc2O)-c2ccc(O)c(c2)C[C@@H](N)C(=O)N[C@H](C[C@@H](O)CN)C(=O)N1)C1CCCCC1. The minimum Gasteiger partial charge on any atom is -0.508 e. The topological polar surface area (TPSA) is 200 Å². The highest BCUT2D eigenvalue weighted by atomic mass is 16.3. The lowest BCUT2D eigenvalue weighted by molar-refractivity contribution is -0.133. The van der Waals surface area contributed by atoms with Crippen LogP contribution in [0.3, 0.4) is 0 Å². The summed E-state index contributed by atoms with van der Waals surface area (Å²) in [4.78, 5) is 40.3. The Morgan fingerprint density at radius 3 is 2.14 bits per heavy atom. The summed E-state index contributed by atoms with van der Waals surface area (Å²) >= 11 is 0. The van der Waals surface area contributed by atoms with E-state index in [2.05, 4.69) is 16.0 Å². The van der Waals surface area contributed by atoms with Crippen molar-refractivity contribution >= 4 is 17.7 Å². The van der Waals surface area contributed by atoms with Gasteiger partial charge in [-0.2, -0.15) is 0 Å². The molecular weight excluding hydrogens is 538 g/mol. The molecular formula is C31H43N5O6. The van der Waals surface area contributed by atoms with E-state index in [9.17, 15) is 29.7 Å². The summed E-state index contributed by atoms with van der Waals surface area (Å²) in [6, 6.07) is 6.34. The Balaban J connectivity index is 1.72. The summed E-state index contributed by atoms with van der Waals surface area (Å²) in [5.74, 6) is -1.52. The summed E-state index contributed by atoms with van der Waals surface area (Å²) in [5.41, 5.74) is 14.1. The molecule has 228 valence electrons. The predicted molar refractivity (Wildman–Crippen MR) is 158 cm³/mol. The molecule has 2 aromatic carbocycles. The van der Waals surface area contributed by atoms with Crippen LogP contribution >= 0.6 is 0 Å². The quantitative estimate of drug-likeness (QED) is 0.246. The van der Waals surface area contributed by atoms with Gasteiger partial charge in [0.1, 0.15) is 23.6 Å². The highest BCUT2D eigenvalue weighted by molar-refractivity contribution is 5.93. The maximum absolute atomic E-state index is 13.7. The number of aliphatic hydroxyl groups is 1. The van der Waals surface area contributed by atoms with E-state index in [4.69, 9.17) is 11.5 Å². The summed E-state index contributed by atoms with van der Waals surface area (Å²) in [7, 11) is 0. The molecule has 4 bridgehead atoms. The van der Waals surface area contributed by atoms with Crippen LogP contribution in [0.5, 0.6) is 11.5 Å². The fraction of sp³-hybridized carbons (Fsp3) is 0.516. The fourth-order valence-corrected chi connectivity index (χ4v) is 5.84. The minimum atomic E-state index is -1.24. The van der Waals surface area contributed by atoms with Gasteiger partial charge in [-0.3, -0.25) is 14.4 Å². The number of fused-ring (bicyclic) bond motifs is 5. The highest BCUT2D eigenvalue weighted by Gasteiger charge is 2.32. The number of aromatic hydroxyl groups is 2. The van der Waals surface area contributed by atoms with Crippen LogP contribution < -0.4 is 27.4 Å². The summed E-state index contributed by atoms with van der Waals surface area (Å²) < 4.78 is 0. The first-order valence-corrected chi connectivity index (χ1v) is 14.7. The third-order valence-corrected chi connectivity index (χ3v) is 8.47. The van der Waals surface area contributed by atoms with E-state index in [1.54, 1.807) is 24.3 Å². The average Bonchev–Trinajstić information content (AvgIpc) is 2.98. The molecule has 11 heteroatoms. The Morgan fingerprint density at radius 2 is 1.55 bits per heavy atom. The number of amides is 3.